The Balaban J connectivity index is 1.53. The molecule has 3 aromatic rings. The zero-order valence-electron chi connectivity index (χ0n) is 21.5. The molecule has 1 atom stereocenters. The number of para-hydroxylation sites is 2. The van der Waals surface area contributed by atoms with Crippen LogP contribution in [-0.2, 0) is 9.59 Å². The fraction of sp³-hybridized carbons (Fsp3) is 0.179. The molecule has 0 aliphatic carbocycles. The first kappa shape index (κ1) is 27.5. The number of carbonyl (C=O) groups is 3. The van der Waals surface area contributed by atoms with E-state index in [0.29, 0.717) is 45.5 Å². The first-order valence-corrected chi connectivity index (χ1v) is 12.7. The summed E-state index contributed by atoms with van der Waals surface area (Å²) in [6.45, 7) is 1.41. The molecular weight excluding hydrogens is 568 g/mol. The lowest BCUT2D eigenvalue weighted by Gasteiger charge is -2.29. The largest absolute Gasteiger partial charge is 0.495 e. The summed E-state index contributed by atoms with van der Waals surface area (Å²) in [5, 5.41) is 11.1. The molecule has 202 valence electrons. The number of ether oxygens (including phenoxy) is 3. The van der Waals surface area contributed by atoms with E-state index in [-0.39, 0.29) is 12.5 Å². The molecule has 10 nitrogen and oxygen atoms in total. The predicted octanol–water partition coefficient (Wildman–Crippen LogP) is 4.75. The van der Waals surface area contributed by atoms with Crippen LogP contribution in [0.5, 0.6) is 17.2 Å². The first-order valence-electron chi connectivity index (χ1n) is 11.9. The van der Waals surface area contributed by atoms with Crippen molar-refractivity contribution in [2.75, 3.05) is 31.5 Å². The Morgan fingerprint density at radius 2 is 1.64 bits per heavy atom. The third-order valence-corrected chi connectivity index (χ3v) is 6.41. The second-order valence-electron chi connectivity index (χ2n) is 8.48. The molecule has 39 heavy (non-hydrogen) atoms. The van der Waals surface area contributed by atoms with Gasteiger partial charge in [0, 0.05) is 15.9 Å². The quantitative estimate of drug-likeness (QED) is 0.283. The van der Waals surface area contributed by atoms with E-state index in [2.05, 4.69) is 37.2 Å². The van der Waals surface area contributed by atoms with Crippen molar-refractivity contribution in [3.63, 3.8) is 0 Å². The number of allylic oxidation sites excluding steroid dienone is 1. The Kier molecular flexibility index (Phi) is 8.72. The molecule has 0 unspecified atom stereocenters. The van der Waals surface area contributed by atoms with E-state index in [1.54, 1.807) is 61.5 Å². The lowest BCUT2D eigenvalue weighted by Crippen LogP contribution is -2.46. The molecule has 0 saturated carbocycles. The van der Waals surface area contributed by atoms with Crippen molar-refractivity contribution < 1.29 is 28.6 Å². The van der Waals surface area contributed by atoms with Gasteiger partial charge in [-0.25, -0.2) is 4.79 Å². The Bertz CT molecular complexity index is 1420. The molecule has 3 aromatic carbocycles. The number of carbonyl (C=O) groups excluding carboxylic acids is 3. The zero-order valence-corrected chi connectivity index (χ0v) is 23.0. The molecule has 0 bridgehead atoms. The van der Waals surface area contributed by atoms with Gasteiger partial charge in [-0.1, -0.05) is 34.1 Å². The van der Waals surface area contributed by atoms with Gasteiger partial charge in [0.05, 0.1) is 31.5 Å². The lowest BCUT2D eigenvalue weighted by atomic mass is 9.94. The summed E-state index contributed by atoms with van der Waals surface area (Å²) in [5.41, 5.74) is 2.42. The van der Waals surface area contributed by atoms with E-state index in [1.807, 2.05) is 12.1 Å². The number of rotatable bonds is 9. The standard InChI is InChI=1S/C28H27BrN4O6/c1-16-25(27(35)32-20-6-4-5-7-21(20)37-2)26(33-28(36)30-16)17-8-13-22(23(14-17)38-3)39-15-24(34)31-19-11-9-18(29)10-12-19/h4-14,26H,15H2,1-3H3,(H,31,34)(H,32,35)(H2,30,33,36)/t26-/m1/s1. The molecule has 0 spiro atoms. The predicted molar refractivity (Wildman–Crippen MR) is 150 cm³/mol. The third kappa shape index (κ3) is 6.68. The van der Waals surface area contributed by atoms with Crippen molar-refractivity contribution in [1.29, 1.82) is 0 Å². The maximum Gasteiger partial charge on any atom is 0.319 e. The van der Waals surface area contributed by atoms with Gasteiger partial charge in [-0.15, -0.1) is 0 Å². The SMILES string of the molecule is COc1ccccc1NC(=O)C1=C(C)NC(=O)N[C@@H]1c1ccc(OCC(=O)Nc2ccc(Br)cc2)c(OC)c1. The molecule has 1 aliphatic heterocycles. The lowest BCUT2D eigenvalue weighted by molar-refractivity contribution is -0.118. The molecular formula is C28H27BrN4O6. The number of methoxy groups -OCH3 is 2. The van der Waals surface area contributed by atoms with Crippen LogP contribution in [-0.4, -0.2) is 38.7 Å². The van der Waals surface area contributed by atoms with Crippen LogP contribution in [0.4, 0.5) is 16.2 Å². The topological polar surface area (TPSA) is 127 Å². The normalized spacial score (nSPS) is 14.6. The summed E-state index contributed by atoms with van der Waals surface area (Å²) in [4.78, 5) is 38.1. The Hall–Kier alpha value is -4.51. The van der Waals surface area contributed by atoms with Crippen LogP contribution in [0.1, 0.15) is 18.5 Å². The minimum atomic E-state index is -0.780. The van der Waals surface area contributed by atoms with Crippen LogP contribution in [0.3, 0.4) is 0 Å². The van der Waals surface area contributed by atoms with Crippen molar-refractivity contribution in [3.8, 4) is 17.2 Å². The van der Waals surface area contributed by atoms with Gasteiger partial charge in [0.25, 0.3) is 11.8 Å². The summed E-state index contributed by atoms with van der Waals surface area (Å²) in [6, 6.07) is 17.9. The summed E-state index contributed by atoms with van der Waals surface area (Å²) in [7, 11) is 2.98. The highest BCUT2D eigenvalue weighted by molar-refractivity contribution is 9.10. The van der Waals surface area contributed by atoms with Gasteiger partial charge < -0.3 is 35.5 Å². The Morgan fingerprint density at radius 1 is 0.923 bits per heavy atom. The molecule has 0 radical (unpaired) electrons. The molecule has 1 heterocycles. The fourth-order valence-electron chi connectivity index (χ4n) is 4.04. The molecule has 4 N–H and O–H groups in total. The summed E-state index contributed by atoms with van der Waals surface area (Å²) in [5.74, 6) is 0.397. The molecule has 0 saturated heterocycles. The number of anilines is 2. The van der Waals surface area contributed by atoms with E-state index in [0.717, 1.165) is 4.47 Å². The van der Waals surface area contributed by atoms with Crippen LogP contribution in [0.25, 0.3) is 0 Å². The Labute approximate surface area is 233 Å². The van der Waals surface area contributed by atoms with E-state index in [1.165, 1.54) is 14.2 Å². The maximum atomic E-state index is 13.4. The van der Waals surface area contributed by atoms with Gasteiger partial charge in [0.15, 0.2) is 18.1 Å². The minimum Gasteiger partial charge on any atom is -0.495 e. The van der Waals surface area contributed by atoms with E-state index >= 15 is 0 Å². The molecule has 0 aromatic heterocycles. The Morgan fingerprint density at radius 3 is 2.36 bits per heavy atom. The zero-order chi connectivity index (χ0) is 27.9. The third-order valence-electron chi connectivity index (χ3n) is 5.88. The summed E-state index contributed by atoms with van der Waals surface area (Å²) in [6.07, 6.45) is 0. The van der Waals surface area contributed by atoms with E-state index in [4.69, 9.17) is 14.2 Å². The van der Waals surface area contributed by atoms with Gasteiger partial charge in [0.1, 0.15) is 5.75 Å². The fourth-order valence-corrected chi connectivity index (χ4v) is 4.30. The highest BCUT2D eigenvalue weighted by Crippen LogP contribution is 2.35. The van der Waals surface area contributed by atoms with Crippen molar-refractivity contribution >= 4 is 45.2 Å². The summed E-state index contributed by atoms with van der Waals surface area (Å²) < 4.78 is 17.4. The van der Waals surface area contributed by atoms with Gasteiger partial charge >= 0.3 is 6.03 Å². The summed E-state index contributed by atoms with van der Waals surface area (Å²) >= 11 is 3.35. The first-order chi connectivity index (χ1) is 18.8. The monoisotopic (exact) mass is 594 g/mol. The maximum absolute atomic E-state index is 13.4. The number of nitrogens with one attached hydrogen (secondary N) is 4. The van der Waals surface area contributed by atoms with Crippen LogP contribution < -0.4 is 35.5 Å². The molecule has 11 heteroatoms. The molecule has 0 fully saturated rings. The van der Waals surface area contributed by atoms with Crippen LogP contribution in [0.2, 0.25) is 0 Å². The highest BCUT2D eigenvalue weighted by atomic mass is 79.9. The average Bonchev–Trinajstić information content (AvgIpc) is 2.92. The molecule has 1 aliphatic rings. The van der Waals surface area contributed by atoms with Gasteiger partial charge in [-0.3, -0.25) is 9.59 Å². The molecule has 4 rings (SSSR count). The molecule has 4 amide bonds. The number of urea groups is 1. The highest BCUT2D eigenvalue weighted by Gasteiger charge is 2.32. The average molecular weight is 595 g/mol. The van der Waals surface area contributed by atoms with Crippen LogP contribution >= 0.6 is 15.9 Å². The minimum absolute atomic E-state index is 0.249. The van der Waals surface area contributed by atoms with Crippen LogP contribution in [0.15, 0.2) is 82.5 Å². The number of benzene rings is 3. The second-order valence-corrected chi connectivity index (χ2v) is 9.39. The van der Waals surface area contributed by atoms with Crippen molar-refractivity contribution in [2.45, 2.75) is 13.0 Å². The smallest absolute Gasteiger partial charge is 0.319 e. The van der Waals surface area contributed by atoms with E-state index in [9.17, 15) is 14.4 Å². The van der Waals surface area contributed by atoms with Crippen molar-refractivity contribution in [1.82, 2.24) is 10.6 Å². The second kappa shape index (κ2) is 12.4. The van der Waals surface area contributed by atoms with Gasteiger partial charge in [0.2, 0.25) is 0 Å². The van der Waals surface area contributed by atoms with Gasteiger partial charge in [-0.05, 0) is 61.0 Å². The van der Waals surface area contributed by atoms with Crippen LogP contribution in [0, 0.1) is 0 Å². The van der Waals surface area contributed by atoms with Gasteiger partial charge in [-0.2, -0.15) is 0 Å². The number of hydrogen-bond acceptors (Lipinski definition) is 6. The van der Waals surface area contributed by atoms with Crippen molar-refractivity contribution in [2.24, 2.45) is 0 Å². The number of amides is 4. The van der Waals surface area contributed by atoms with Crippen molar-refractivity contribution in [3.05, 3.63) is 88.0 Å². The van der Waals surface area contributed by atoms with E-state index < -0.39 is 18.0 Å². The number of hydrogen-bond donors (Lipinski definition) is 4. The number of halogens is 1.